The van der Waals surface area contributed by atoms with Crippen molar-refractivity contribution in [2.75, 3.05) is 24.7 Å². The Hall–Kier alpha value is -2.39. The molecule has 9 heteroatoms. The largest absolute Gasteiger partial charge is 0.465 e. The van der Waals surface area contributed by atoms with E-state index in [-0.39, 0.29) is 29.9 Å². The number of carbonyl (C=O) groups is 2. The van der Waals surface area contributed by atoms with Gasteiger partial charge in [-0.2, -0.15) is 0 Å². The molecule has 2 aromatic carbocycles. The Morgan fingerprint density at radius 1 is 1.15 bits per heavy atom. The van der Waals surface area contributed by atoms with Crippen LogP contribution >= 0.6 is 35.5 Å². The van der Waals surface area contributed by atoms with E-state index in [4.69, 9.17) is 4.74 Å². The minimum atomic E-state index is -0.430. The normalized spacial score (nSPS) is 13.0. The fraction of sp³-hybridized carbons (Fsp3) is 0.250. The average molecular weight is 507 g/mol. The van der Waals surface area contributed by atoms with Crippen molar-refractivity contribution < 1.29 is 18.7 Å². The summed E-state index contributed by atoms with van der Waals surface area (Å²) in [5.41, 5.74) is 2.67. The minimum absolute atomic E-state index is 0. The summed E-state index contributed by atoms with van der Waals surface area (Å²) in [7, 11) is 1.35. The monoisotopic (exact) mass is 506 g/mol. The molecule has 0 atom stereocenters. The molecule has 1 aliphatic heterocycles. The zero-order chi connectivity index (χ0) is 22.5. The number of thioether (sulfide) groups is 1. The molecule has 1 N–H and O–H groups in total. The lowest BCUT2D eigenvalue weighted by molar-refractivity contribution is -0.113. The quantitative estimate of drug-likeness (QED) is 0.344. The second kappa shape index (κ2) is 11.7. The van der Waals surface area contributed by atoms with Crippen LogP contribution in [-0.2, 0) is 29.0 Å². The maximum atomic E-state index is 13.1. The van der Waals surface area contributed by atoms with Gasteiger partial charge in [-0.3, -0.25) is 9.69 Å². The first-order chi connectivity index (χ1) is 15.5. The highest BCUT2D eigenvalue weighted by molar-refractivity contribution is 8.00. The highest BCUT2D eigenvalue weighted by Gasteiger charge is 2.29. The predicted molar refractivity (Wildman–Crippen MR) is 133 cm³/mol. The van der Waals surface area contributed by atoms with Gasteiger partial charge in [-0.1, -0.05) is 30.3 Å². The van der Waals surface area contributed by atoms with Crippen molar-refractivity contribution in [3.05, 3.63) is 82.0 Å². The molecular weight excluding hydrogens is 483 g/mol. The van der Waals surface area contributed by atoms with Crippen molar-refractivity contribution in [2.24, 2.45) is 0 Å². The number of fused-ring (bicyclic) bond motifs is 1. The Kier molecular flexibility index (Phi) is 8.91. The molecule has 4 rings (SSSR count). The van der Waals surface area contributed by atoms with Crippen LogP contribution in [0.3, 0.4) is 0 Å². The number of nitrogens with zero attached hydrogens (tertiary/aromatic N) is 1. The number of thiophene rings is 1. The maximum absolute atomic E-state index is 13.1. The summed E-state index contributed by atoms with van der Waals surface area (Å²) >= 11 is 2.75. The Labute approximate surface area is 206 Å². The molecule has 0 fully saturated rings. The summed E-state index contributed by atoms with van der Waals surface area (Å²) in [5.74, 6) is -0.800. The molecule has 5 nitrogen and oxygen atoms in total. The fourth-order valence-electron chi connectivity index (χ4n) is 3.68. The molecule has 0 spiro atoms. The Morgan fingerprint density at radius 2 is 1.88 bits per heavy atom. The number of nitrogens with one attached hydrogen (secondary N) is 1. The summed E-state index contributed by atoms with van der Waals surface area (Å²) in [5, 5.41) is 3.43. The van der Waals surface area contributed by atoms with E-state index in [0.717, 1.165) is 41.4 Å². The third-order valence-electron chi connectivity index (χ3n) is 5.21. The summed E-state index contributed by atoms with van der Waals surface area (Å²) < 4.78 is 18.1. The second-order valence-electron chi connectivity index (χ2n) is 7.44. The van der Waals surface area contributed by atoms with Gasteiger partial charge in [-0.05, 0) is 41.8 Å². The van der Waals surface area contributed by atoms with Crippen LogP contribution < -0.4 is 5.32 Å². The first kappa shape index (κ1) is 25.2. The van der Waals surface area contributed by atoms with Gasteiger partial charge in [0.25, 0.3) is 0 Å². The number of esters is 1. The first-order valence-corrected chi connectivity index (χ1v) is 12.0. The fourth-order valence-corrected chi connectivity index (χ4v) is 5.67. The van der Waals surface area contributed by atoms with E-state index in [2.05, 4.69) is 22.3 Å². The Bertz CT molecular complexity index is 1110. The lowest BCUT2D eigenvalue weighted by Crippen LogP contribution is -2.29. The van der Waals surface area contributed by atoms with Gasteiger partial charge in [0.05, 0.1) is 18.4 Å². The van der Waals surface area contributed by atoms with Crippen molar-refractivity contribution in [1.82, 2.24) is 4.90 Å². The van der Waals surface area contributed by atoms with Crippen LogP contribution in [0.1, 0.15) is 26.4 Å². The SMILES string of the molecule is COC(=O)c1c(NC(=O)CSc2ccc(F)cc2)sc2c1CCN(Cc1ccccc1)C2.Cl. The molecule has 174 valence electrons. The first-order valence-electron chi connectivity index (χ1n) is 10.2. The third kappa shape index (κ3) is 6.35. The molecular formula is C24H24ClFN2O3S2. The van der Waals surface area contributed by atoms with Crippen molar-refractivity contribution in [3.8, 4) is 0 Å². The Morgan fingerprint density at radius 3 is 2.58 bits per heavy atom. The number of anilines is 1. The Balaban J connectivity index is 0.00000306. The van der Waals surface area contributed by atoms with Gasteiger partial charge in [-0.15, -0.1) is 35.5 Å². The number of benzene rings is 2. The van der Waals surface area contributed by atoms with Crippen molar-refractivity contribution in [2.45, 2.75) is 24.4 Å². The summed E-state index contributed by atoms with van der Waals surface area (Å²) in [6.45, 7) is 2.39. The average Bonchev–Trinajstić information content (AvgIpc) is 3.15. The van der Waals surface area contributed by atoms with Gasteiger partial charge < -0.3 is 10.1 Å². The van der Waals surface area contributed by atoms with Crippen molar-refractivity contribution >= 4 is 52.4 Å². The number of methoxy groups -OCH3 is 1. The molecule has 0 aliphatic carbocycles. The summed E-state index contributed by atoms with van der Waals surface area (Å²) in [6, 6.07) is 16.3. The standard InChI is InChI=1S/C24H23FN2O3S2.ClH/c1-30-24(29)22-19-11-12-27(13-16-5-3-2-4-6-16)14-20(19)32-23(22)26-21(28)15-31-18-9-7-17(25)8-10-18;/h2-10H,11-15H2,1H3,(H,26,28);1H. The van der Waals surface area contributed by atoms with Crippen LogP contribution in [0.25, 0.3) is 0 Å². The maximum Gasteiger partial charge on any atom is 0.341 e. The molecule has 2 heterocycles. The number of hydrogen-bond donors (Lipinski definition) is 1. The highest BCUT2D eigenvalue weighted by Crippen LogP contribution is 2.38. The molecule has 0 radical (unpaired) electrons. The second-order valence-corrected chi connectivity index (χ2v) is 9.59. The molecule has 33 heavy (non-hydrogen) atoms. The number of halogens is 2. The van der Waals surface area contributed by atoms with Gasteiger partial charge in [0, 0.05) is 29.4 Å². The molecule has 1 aliphatic rings. The molecule has 0 saturated heterocycles. The van der Waals surface area contributed by atoms with E-state index in [1.807, 2.05) is 18.2 Å². The number of ether oxygens (including phenoxy) is 1. The van der Waals surface area contributed by atoms with Gasteiger partial charge in [0.2, 0.25) is 5.91 Å². The minimum Gasteiger partial charge on any atom is -0.465 e. The van der Waals surface area contributed by atoms with Gasteiger partial charge in [0.15, 0.2) is 0 Å². The van der Waals surface area contributed by atoms with Gasteiger partial charge in [0.1, 0.15) is 10.8 Å². The van der Waals surface area contributed by atoms with E-state index >= 15 is 0 Å². The van der Waals surface area contributed by atoms with E-state index in [1.165, 1.54) is 47.9 Å². The van der Waals surface area contributed by atoms with Crippen molar-refractivity contribution in [3.63, 3.8) is 0 Å². The van der Waals surface area contributed by atoms with Crippen LogP contribution in [-0.4, -0.2) is 36.2 Å². The van der Waals surface area contributed by atoms with Crippen LogP contribution in [0.2, 0.25) is 0 Å². The smallest absolute Gasteiger partial charge is 0.341 e. The number of rotatable bonds is 7. The van der Waals surface area contributed by atoms with Crippen LogP contribution in [0.15, 0.2) is 59.5 Å². The summed E-state index contributed by atoms with van der Waals surface area (Å²) in [6.07, 6.45) is 0.725. The highest BCUT2D eigenvalue weighted by atomic mass is 35.5. The molecule has 1 amide bonds. The molecule has 0 unspecified atom stereocenters. The topological polar surface area (TPSA) is 58.6 Å². The van der Waals surface area contributed by atoms with Crippen LogP contribution in [0.5, 0.6) is 0 Å². The molecule has 0 saturated carbocycles. The van der Waals surface area contributed by atoms with Crippen LogP contribution in [0.4, 0.5) is 9.39 Å². The van der Waals surface area contributed by atoms with Gasteiger partial charge >= 0.3 is 5.97 Å². The van der Waals surface area contributed by atoms with Gasteiger partial charge in [-0.25, -0.2) is 9.18 Å². The summed E-state index contributed by atoms with van der Waals surface area (Å²) in [4.78, 5) is 29.3. The van der Waals surface area contributed by atoms with Crippen molar-refractivity contribution in [1.29, 1.82) is 0 Å². The molecule has 0 bridgehead atoms. The predicted octanol–water partition coefficient (Wildman–Crippen LogP) is 5.38. The molecule has 3 aromatic rings. The van der Waals surface area contributed by atoms with Crippen LogP contribution in [0, 0.1) is 5.82 Å². The number of hydrogen-bond acceptors (Lipinski definition) is 6. The zero-order valence-electron chi connectivity index (χ0n) is 18.0. The number of carbonyl (C=O) groups excluding carboxylic acids is 2. The van der Waals surface area contributed by atoms with E-state index in [1.54, 1.807) is 12.1 Å². The molecule has 1 aromatic heterocycles. The zero-order valence-corrected chi connectivity index (χ0v) is 20.5. The third-order valence-corrected chi connectivity index (χ3v) is 7.36. The van der Waals surface area contributed by atoms with E-state index in [9.17, 15) is 14.0 Å². The lowest BCUT2D eigenvalue weighted by atomic mass is 10.0. The lowest BCUT2D eigenvalue weighted by Gasteiger charge is -2.27. The van der Waals surface area contributed by atoms with E-state index in [0.29, 0.717) is 10.6 Å². The van der Waals surface area contributed by atoms with E-state index < -0.39 is 5.97 Å². The number of amides is 1.